The molecule has 0 bridgehead atoms. The lowest BCUT2D eigenvalue weighted by molar-refractivity contribution is 0.249. The summed E-state index contributed by atoms with van der Waals surface area (Å²) in [5.74, 6) is 2.31. The van der Waals surface area contributed by atoms with Gasteiger partial charge in [0.25, 0.3) is 0 Å². The van der Waals surface area contributed by atoms with Gasteiger partial charge in [-0.1, -0.05) is 56.4 Å². The zero-order chi connectivity index (χ0) is 21.2. The van der Waals surface area contributed by atoms with Crippen molar-refractivity contribution in [3.63, 3.8) is 0 Å². The Kier molecular flexibility index (Phi) is 5.32. The van der Waals surface area contributed by atoms with E-state index in [0.29, 0.717) is 23.6 Å². The summed E-state index contributed by atoms with van der Waals surface area (Å²) >= 11 is 0. The molecule has 2 unspecified atom stereocenters. The summed E-state index contributed by atoms with van der Waals surface area (Å²) in [6, 6.07) is 13.0. The second-order valence-electron chi connectivity index (χ2n) is 8.50. The Bertz CT molecular complexity index is 1150. The molecule has 2 fully saturated rings. The molecule has 2 aliphatic rings. The number of amides is 2. The summed E-state index contributed by atoms with van der Waals surface area (Å²) in [5, 5.41) is 7.86. The highest BCUT2D eigenvalue weighted by Crippen LogP contribution is 2.44. The Balaban J connectivity index is 1.29. The molecular weight excluding hydrogens is 392 g/mol. The van der Waals surface area contributed by atoms with Gasteiger partial charge in [-0.2, -0.15) is 0 Å². The lowest BCUT2D eigenvalue weighted by Gasteiger charge is -2.21. The van der Waals surface area contributed by atoms with Gasteiger partial charge >= 0.3 is 11.7 Å². The van der Waals surface area contributed by atoms with Crippen LogP contribution in [-0.4, -0.2) is 22.0 Å². The average Bonchev–Trinajstić information content (AvgIpc) is 3.55. The fraction of sp³-hybridized carbons (Fsp3) is 0.375. The number of nitrogens with one attached hydrogen (secondary N) is 3. The van der Waals surface area contributed by atoms with Crippen LogP contribution >= 0.6 is 0 Å². The highest BCUT2D eigenvalue weighted by Gasteiger charge is 2.43. The first kappa shape index (κ1) is 19.6. The van der Waals surface area contributed by atoms with Crippen LogP contribution < -0.4 is 21.1 Å². The molecule has 5 rings (SSSR count). The van der Waals surface area contributed by atoms with Gasteiger partial charge in [-0.05, 0) is 30.4 Å². The third-order valence-corrected chi connectivity index (χ3v) is 6.41. The molecule has 3 aromatic rings. The first-order valence-corrected chi connectivity index (χ1v) is 11.0. The number of hydrogen-bond acceptors (Lipinski definition) is 4. The zero-order valence-electron chi connectivity index (χ0n) is 17.3. The standard InChI is InChI=1S/C24H26N4O3/c29-23-25-13-12-22(28-23)31-21-11-10-19(16-8-4-5-9-17(16)21)26-24(30)27-20-14-18(20)15-6-2-1-3-7-15/h4-5,8-13,15,18,20H,1-3,6-7,14H2,(H,25,28,29)(H2,26,27,30). The predicted octanol–water partition coefficient (Wildman–Crippen LogP) is 4.81. The van der Waals surface area contributed by atoms with E-state index in [9.17, 15) is 9.59 Å². The number of H-pyrrole nitrogens is 1. The Morgan fingerprint density at radius 1 is 1.03 bits per heavy atom. The number of ether oxygens (including phenoxy) is 1. The molecule has 0 radical (unpaired) electrons. The minimum atomic E-state index is -0.469. The molecule has 0 aliphatic heterocycles. The second kappa shape index (κ2) is 8.41. The summed E-state index contributed by atoms with van der Waals surface area (Å²) < 4.78 is 5.86. The number of nitrogens with zero attached hydrogens (tertiary/aromatic N) is 1. The second-order valence-corrected chi connectivity index (χ2v) is 8.50. The molecule has 1 aromatic heterocycles. The largest absolute Gasteiger partial charge is 0.440 e. The van der Waals surface area contributed by atoms with Gasteiger partial charge in [0.1, 0.15) is 5.75 Å². The van der Waals surface area contributed by atoms with Gasteiger partial charge in [0.15, 0.2) is 0 Å². The normalized spacial score (nSPS) is 20.9. The molecule has 0 saturated heterocycles. The lowest BCUT2D eigenvalue weighted by Crippen LogP contribution is -2.32. The number of hydrogen-bond donors (Lipinski definition) is 3. The molecule has 1 heterocycles. The van der Waals surface area contributed by atoms with Crippen LogP contribution in [0.5, 0.6) is 11.6 Å². The predicted molar refractivity (Wildman–Crippen MR) is 120 cm³/mol. The lowest BCUT2D eigenvalue weighted by atomic mass is 9.85. The number of aromatic nitrogens is 2. The summed E-state index contributed by atoms with van der Waals surface area (Å²) in [7, 11) is 0. The van der Waals surface area contributed by atoms with Gasteiger partial charge in [0, 0.05) is 29.1 Å². The van der Waals surface area contributed by atoms with E-state index in [0.717, 1.165) is 28.8 Å². The summed E-state index contributed by atoms with van der Waals surface area (Å²) in [5.41, 5.74) is 0.252. The van der Waals surface area contributed by atoms with E-state index < -0.39 is 5.69 Å². The van der Waals surface area contributed by atoms with Crippen LogP contribution in [0.2, 0.25) is 0 Å². The minimum absolute atomic E-state index is 0.166. The quantitative estimate of drug-likeness (QED) is 0.554. The van der Waals surface area contributed by atoms with Crippen molar-refractivity contribution in [1.82, 2.24) is 15.3 Å². The van der Waals surface area contributed by atoms with Crippen molar-refractivity contribution in [2.75, 3.05) is 5.32 Å². The molecule has 2 aliphatic carbocycles. The Morgan fingerprint density at radius 2 is 1.84 bits per heavy atom. The van der Waals surface area contributed by atoms with Crippen molar-refractivity contribution in [3.05, 3.63) is 59.1 Å². The first-order chi connectivity index (χ1) is 15.2. The van der Waals surface area contributed by atoms with Crippen molar-refractivity contribution in [2.24, 2.45) is 11.8 Å². The van der Waals surface area contributed by atoms with Crippen LogP contribution in [0.3, 0.4) is 0 Å². The van der Waals surface area contributed by atoms with E-state index in [4.69, 9.17) is 4.74 Å². The monoisotopic (exact) mass is 418 g/mol. The number of benzene rings is 2. The van der Waals surface area contributed by atoms with Gasteiger partial charge in [0.2, 0.25) is 5.88 Å². The van der Waals surface area contributed by atoms with E-state index in [1.54, 1.807) is 12.1 Å². The molecule has 2 amide bonds. The van der Waals surface area contributed by atoms with Crippen molar-refractivity contribution in [2.45, 2.75) is 44.6 Å². The Labute approximate surface area is 180 Å². The fourth-order valence-corrected chi connectivity index (χ4v) is 4.79. The van der Waals surface area contributed by atoms with Crippen LogP contribution in [0.4, 0.5) is 10.5 Å². The van der Waals surface area contributed by atoms with Crippen molar-refractivity contribution in [1.29, 1.82) is 0 Å². The van der Waals surface area contributed by atoms with Gasteiger partial charge < -0.3 is 15.4 Å². The number of aromatic amines is 1. The molecule has 160 valence electrons. The highest BCUT2D eigenvalue weighted by atomic mass is 16.5. The Morgan fingerprint density at radius 3 is 2.65 bits per heavy atom. The van der Waals surface area contributed by atoms with Crippen LogP contribution in [0, 0.1) is 11.8 Å². The molecule has 2 aromatic carbocycles. The fourth-order valence-electron chi connectivity index (χ4n) is 4.79. The van der Waals surface area contributed by atoms with Crippen LogP contribution in [0.15, 0.2) is 53.5 Å². The number of carbonyl (C=O) groups is 1. The first-order valence-electron chi connectivity index (χ1n) is 11.0. The molecule has 31 heavy (non-hydrogen) atoms. The van der Waals surface area contributed by atoms with E-state index >= 15 is 0 Å². The molecule has 7 heteroatoms. The van der Waals surface area contributed by atoms with E-state index in [1.807, 2.05) is 30.3 Å². The van der Waals surface area contributed by atoms with Crippen LogP contribution in [0.1, 0.15) is 38.5 Å². The topological polar surface area (TPSA) is 96.1 Å². The molecular formula is C24H26N4O3. The van der Waals surface area contributed by atoms with Gasteiger partial charge in [-0.15, -0.1) is 0 Å². The number of anilines is 1. The molecule has 0 spiro atoms. The maximum Gasteiger partial charge on any atom is 0.347 e. The number of fused-ring (bicyclic) bond motifs is 1. The molecule has 2 atom stereocenters. The average molecular weight is 418 g/mol. The van der Waals surface area contributed by atoms with Crippen molar-refractivity contribution >= 4 is 22.5 Å². The van der Waals surface area contributed by atoms with E-state index in [1.165, 1.54) is 38.3 Å². The summed E-state index contributed by atoms with van der Waals surface area (Å²) in [6.07, 6.45) is 9.11. The number of carbonyl (C=O) groups excluding carboxylic acids is 1. The number of rotatable bonds is 5. The van der Waals surface area contributed by atoms with Gasteiger partial charge in [-0.25, -0.2) is 14.6 Å². The summed E-state index contributed by atoms with van der Waals surface area (Å²) in [6.45, 7) is 0. The molecule has 2 saturated carbocycles. The smallest absolute Gasteiger partial charge is 0.347 e. The van der Waals surface area contributed by atoms with Gasteiger partial charge in [0.05, 0.1) is 5.69 Å². The van der Waals surface area contributed by atoms with E-state index in [2.05, 4.69) is 20.6 Å². The third-order valence-electron chi connectivity index (χ3n) is 6.41. The Hall–Kier alpha value is -3.35. The van der Waals surface area contributed by atoms with Crippen molar-refractivity contribution in [3.8, 4) is 11.6 Å². The minimum Gasteiger partial charge on any atom is -0.440 e. The van der Waals surface area contributed by atoms with Gasteiger partial charge in [-0.3, -0.25) is 4.98 Å². The van der Waals surface area contributed by atoms with Crippen LogP contribution in [-0.2, 0) is 0 Å². The molecule has 7 nitrogen and oxygen atoms in total. The summed E-state index contributed by atoms with van der Waals surface area (Å²) in [4.78, 5) is 30.3. The molecule has 3 N–H and O–H groups in total. The highest BCUT2D eigenvalue weighted by molar-refractivity contribution is 6.04. The SMILES string of the molecule is O=C(Nc1ccc(Oc2ccnc(=O)[nH]2)c2ccccc12)NC1CC1C1CCCCC1. The van der Waals surface area contributed by atoms with Crippen LogP contribution in [0.25, 0.3) is 10.8 Å². The van der Waals surface area contributed by atoms with Crippen molar-refractivity contribution < 1.29 is 9.53 Å². The zero-order valence-corrected chi connectivity index (χ0v) is 17.3. The maximum atomic E-state index is 12.6. The maximum absolute atomic E-state index is 12.6. The van der Waals surface area contributed by atoms with E-state index in [-0.39, 0.29) is 6.03 Å². The number of urea groups is 1. The third kappa shape index (κ3) is 4.40.